The van der Waals surface area contributed by atoms with Crippen molar-refractivity contribution in [3.8, 4) is 0 Å². The number of aryl methyl sites for hydroxylation is 2. The number of likely N-dealkylation sites (tertiary alicyclic amines) is 1. The Labute approximate surface area is 147 Å². The minimum Gasteiger partial charge on any atom is -0.350 e. The van der Waals surface area contributed by atoms with Crippen LogP contribution in [0.1, 0.15) is 24.0 Å². The largest absolute Gasteiger partial charge is 0.350 e. The van der Waals surface area contributed by atoms with Crippen molar-refractivity contribution in [3.63, 3.8) is 0 Å². The molecule has 1 aliphatic rings. The van der Waals surface area contributed by atoms with Gasteiger partial charge in [-0.05, 0) is 30.9 Å². The smallest absolute Gasteiger partial charge is 0.242 e. The molecule has 0 bridgehead atoms. The Morgan fingerprint density at radius 2 is 2.08 bits per heavy atom. The van der Waals surface area contributed by atoms with Crippen molar-refractivity contribution in [3.05, 3.63) is 53.9 Å². The molecule has 0 aliphatic carbocycles. The predicted molar refractivity (Wildman–Crippen MR) is 94.9 cm³/mol. The van der Waals surface area contributed by atoms with E-state index in [0.29, 0.717) is 19.5 Å². The Hall–Kier alpha value is -2.63. The summed E-state index contributed by atoms with van der Waals surface area (Å²) in [5, 5.41) is 7.12. The Morgan fingerprint density at radius 3 is 2.80 bits per heavy atom. The first-order valence-electron chi connectivity index (χ1n) is 8.70. The molecule has 2 amide bonds. The van der Waals surface area contributed by atoms with Crippen LogP contribution in [0.25, 0.3) is 0 Å². The molecule has 3 rings (SSSR count). The minimum absolute atomic E-state index is 0.0323. The van der Waals surface area contributed by atoms with E-state index in [1.165, 1.54) is 5.56 Å². The standard InChI is InChI=1S/C19H24N4O2/c1-15-11-20-23(12-15)14-18(24)21-17-9-10-22(13-17)19(25)8-7-16-5-3-2-4-6-16/h2-6,11-12,17H,7-10,13-14H2,1H3,(H,21,24). The molecule has 0 saturated carbocycles. The number of amides is 2. The highest BCUT2D eigenvalue weighted by Gasteiger charge is 2.27. The maximum atomic E-state index is 12.3. The number of carbonyl (C=O) groups is 2. The summed E-state index contributed by atoms with van der Waals surface area (Å²) in [7, 11) is 0. The van der Waals surface area contributed by atoms with Crippen LogP contribution in [0.3, 0.4) is 0 Å². The van der Waals surface area contributed by atoms with E-state index in [2.05, 4.69) is 10.4 Å². The van der Waals surface area contributed by atoms with Crippen LogP contribution in [0.15, 0.2) is 42.7 Å². The van der Waals surface area contributed by atoms with Crippen LogP contribution in [0.5, 0.6) is 0 Å². The van der Waals surface area contributed by atoms with Crippen molar-refractivity contribution < 1.29 is 9.59 Å². The number of benzene rings is 1. The van der Waals surface area contributed by atoms with Gasteiger partial charge in [0, 0.05) is 31.7 Å². The van der Waals surface area contributed by atoms with Gasteiger partial charge in [-0.25, -0.2) is 0 Å². The quantitative estimate of drug-likeness (QED) is 0.867. The molecule has 1 aromatic heterocycles. The van der Waals surface area contributed by atoms with E-state index < -0.39 is 0 Å². The van der Waals surface area contributed by atoms with Crippen LogP contribution in [0.2, 0.25) is 0 Å². The van der Waals surface area contributed by atoms with Crippen LogP contribution in [-0.2, 0) is 22.6 Å². The highest BCUT2D eigenvalue weighted by Crippen LogP contribution is 2.12. The van der Waals surface area contributed by atoms with Crippen LogP contribution < -0.4 is 5.32 Å². The highest BCUT2D eigenvalue weighted by atomic mass is 16.2. The van der Waals surface area contributed by atoms with E-state index in [-0.39, 0.29) is 24.4 Å². The first kappa shape index (κ1) is 17.2. The lowest BCUT2D eigenvalue weighted by Gasteiger charge is -2.17. The van der Waals surface area contributed by atoms with Crippen LogP contribution in [0, 0.1) is 6.92 Å². The van der Waals surface area contributed by atoms with E-state index in [1.807, 2.05) is 48.4 Å². The number of nitrogens with zero attached hydrogens (tertiary/aromatic N) is 3. The van der Waals surface area contributed by atoms with E-state index in [1.54, 1.807) is 10.9 Å². The number of hydrogen-bond donors (Lipinski definition) is 1. The molecule has 1 N–H and O–H groups in total. The van der Waals surface area contributed by atoms with Crippen LogP contribution >= 0.6 is 0 Å². The lowest BCUT2D eigenvalue weighted by atomic mass is 10.1. The molecule has 0 radical (unpaired) electrons. The molecule has 1 aliphatic heterocycles. The monoisotopic (exact) mass is 340 g/mol. The fourth-order valence-electron chi connectivity index (χ4n) is 3.13. The van der Waals surface area contributed by atoms with E-state index >= 15 is 0 Å². The Morgan fingerprint density at radius 1 is 1.28 bits per heavy atom. The van der Waals surface area contributed by atoms with Crippen LogP contribution in [0.4, 0.5) is 0 Å². The average molecular weight is 340 g/mol. The number of carbonyl (C=O) groups excluding carboxylic acids is 2. The van der Waals surface area contributed by atoms with E-state index in [0.717, 1.165) is 18.4 Å². The lowest BCUT2D eigenvalue weighted by molar-refractivity contribution is -0.130. The van der Waals surface area contributed by atoms with Gasteiger partial charge in [-0.2, -0.15) is 5.10 Å². The fourth-order valence-corrected chi connectivity index (χ4v) is 3.13. The van der Waals surface area contributed by atoms with Gasteiger partial charge in [0.2, 0.25) is 11.8 Å². The molecule has 1 aromatic carbocycles. The number of hydrogen-bond acceptors (Lipinski definition) is 3. The van der Waals surface area contributed by atoms with E-state index in [9.17, 15) is 9.59 Å². The SMILES string of the molecule is Cc1cnn(CC(=O)NC2CCN(C(=O)CCc3ccccc3)C2)c1. The zero-order chi connectivity index (χ0) is 17.6. The maximum absolute atomic E-state index is 12.3. The third-order valence-corrected chi connectivity index (χ3v) is 4.44. The Bertz CT molecular complexity index is 726. The molecular weight excluding hydrogens is 316 g/mol. The highest BCUT2D eigenvalue weighted by molar-refractivity contribution is 5.78. The summed E-state index contributed by atoms with van der Waals surface area (Å²) in [6.07, 6.45) is 5.65. The average Bonchev–Trinajstić information content (AvgIpc) is 3.22. The summed E-state index contributed by atoms with van der Waals surface area (Å²) in [5.41, 5.74) is 2.21. The zero-order valence-corrected chi connectivity index (χ0v) is 14.5. The van der Waals surface area contributed by atoms with Crippen molar-refractivity contribution in [2.75, 3.05) is 13.1 Å². The van der Waals surface area contributed by atoms with Gasteiger partial charge in [-0.3, -0.25) is 14.3 Å². The summed E-state index contributed by atoms with van der Waals surface area (Å²) >= 11 is 0. The van der Waals surface area contributed by atoms with Gasteiger partial charge in [0.1, 0.15) is 6.54 Å². The third-order valence-electron chi connectivity index (χ3n) is 4.44. The second kappa shape index (κ2) is 7.96. The molecular formula is C19H24N4O2. The first-order valence-corrected chi connectivity index (χ1v) is 8.70. The van der Waals surface area contributed by atoms with Crippen molar-refractivity contribution in [1.82, 2.24) is 20.0 Å². The lowest BCUT2D eigenvalue weighted by Crippen LogP contribution is -2.40. The topological polar surface area (TPSA) is 67.2 Å². The second-order valence-corrected chi connectivity index (χ2v) is 6.59. The molecule has 132 valence electrons. The van der Waals surface area contributed by atoms with Gasteiger partial charge in [-0.15, -0.1) is 0 Å². The third kappa shape index (κ3) is 4.92. The molecule has 6 heteroatoms. The molecule has 0 spiro atoms. The molecule has 2 aromatic rings. The van der Waals surface area contributed by atoms with Crippen molar-refractivity contribution in [2.45, 2.75) is 38.8 Å². The molecule has 1 atom stereocenters. The predicted octanol–water partition coefficient (Wildman–Crippen LogP) is 1.54. The maximum Gasteiger partial charge on any atom is 0.242 e. The van der Waals surface area contributed by atoms with Gasteiger partial charge in [-0.1, -0.05) is 30.3 Å². The molecule has 2 heterocycles. The summed E-state index contributed by atoms with van der Waals surface area (Å²) < 4.78 is 1.63. The zero-order valence-electron chi connectivity index (χ0n) is 14.5. The summed E-state index contributed by atoms with van der Waals surface area (Å²) in [6.45, 7) is 3.46. The number of nitrogens with one attached hydrogen (secondary N) is 1. The van der Waals surface area contributed by atoms with Crippen molar-refractivity contribution in [2.24, 2.45) is 0 Å². The molecule has 1 unspecified atom stereocenters. The summed E-state index contributed by atoms with van der Waals surface area (Å²) in [5.74, 6) is 0.0926. The second-order valence-electron chi connectivity index (χ2n) is 6.59. The molecule has 6 nitrogen and oxygen atoms in total. The molecule has 1 saturated heterocycles. The summed E-state index contributed by atoms with van der Waals surface area (Å²) in [6, 6.07) is 10.1. The summed E-state index contributed by atoms with van der Waals surface area (Å²) in [4.78, 5) is 26.3. The van der Waals surface area contributed by atoms with Crippen molar-refractivity contribution >= 4 is 11.8 Å². The van der Waals surface area contributed by atoms with Crippen LogP contribution in [-0.4, -0.2) is 45.6 Å². The minimum atomic E-state index is -0.0633. The first-order chi connectivity index (χ1) is 12.1. The number of aromatic nitrogens is 2. The van der Waals surface area contributed by atoms with Gasteiger partial charge >= 0.3 is 0 Å². The Balaban J connectivity index is 1.41. The Kier molecular flexibility index (Phi) is 5.48. The van der Waals surface area contributed by atoms with Gasteiger partial charge in [0.05, 0.1) is 6.20 Å². The number of rotatable bonds is 6. The van der Waals surface area contributed by atoms with Gasteiger partial charge in [0.15, 0.2) is 0 Å². The van der Waals surface area contributed by atoms with Crippen molar-refractivity contribution in [1.29, 1.82) is 0 Å². The fraction of sp³-hybridized carbons (Fsp3) is 0.421. The molecule has 1 fully saturated rings. The molecule has 25 heavy (non-hydrogen) atoms. The van der Waals surface area contributed by atoms with E-state index in [4.69, 9.17) is 0 Å². The normalized spacial score (nSPS) is 16.8. The van der Waals surface area contributed by atoms with Gasteiger partial charge < -0.3 is 10.2 Å². The van der Waals surface area contributed by atoms with Gasteiger partial charge in [0.25, 0.3) is 0 Å².